The molecule has 0 amide bonds. The lowest BCUT2D eigenvalue weighted by atomic mass is 10.0. The van der Waals surface area contributed by atoms with E-state index in [1.165, 1.54) is 6.42 Å². The van der Waals surface area contributed by atoms with E-state index in [1.54, 1.807) is 18.6 Å². The van der Waals surface area contributed by atoms with Crippen LogP contribution in [0, 0.1) is 0 Å². The molecule has 2 heterocycles. The third-order valence-electron chi connectivity index (χ3n) is 2.26. The van der Waals surface area contributed by atoms with Gasteiger partial charge >= 0.3 is 0 Å². The van der Waals surface area contributed by atoms with E-state index in [1.807, 2.05) is 0 Å². The molecule has 0 aromatic carbocycles. The number of aromatic nitrogens is 2. The van der Waals surface area contributed by atoms with Gasteiger partial charge in [-0.25, -0.2) is 4.98 Å². The highest BCUT2D eigenvalue weighted by molar-refractivity contribution is 5.40. The minimum absolute atomic E-state index is 0.474. The highest BCUT2D eigenvalue weighted by atomic mass is 15.3. The molecule has 1 atom stereocenters. The van der Waals surface area contributed by atoms with Gasteiger partial charge in [0.2, 0.25) is 0 Å². The second kappa shape index (κ2) is 3.06. The summed E-state index contributed by atoms with van der Waals surface area (Å²) in [7, 11) is 0. The van der Waals surface area contributed by atoms with Gasteiger partial charge in [-0.1, -0.05) is 0 Å². The summed E-state index contributed by atoms with van der Waals surface area (Å²) in [5, 5.41) is 0. The number of rotatable bonds is 2. The van der Waals surface area contributed by atoms with Crippen molar-refractivity contribution in [3.63, 3.8) is 0 Å². The molecule has 0 bridgehead atoms. The van der Waals surface area contributed by atoms with Crippen molar-refractivity contribution >= 4 is 5.82 Å². The van der Waals surface area contributed by atoms with Gasteiger partial charge in [0.15, 0.2) is 0 Å². The van der Waals surface area contributed by atoms with Crippen molar-refractivity contribution in [2.45, 2.75) is 12.5 Å². The summed E-state index contributed by atoms with van der Waals surface area (Å²) in [4.78, 5) is 10.4. The molecule has 0 aliphatic carbocycles. The zero-order chi connectivity index (χ0) is 8.39. The number of hydrogen-bond acceptors (Lipinski definition) is 4. The van der Waals surface area contributed by atoms with Crippen LogP contribution >= 0.6 is 0 Å². The first kappa shape index (κ1) is 7.49. The van der Waals surface area contributed by atoms with Crippen molar-refractivity contribution in [3.05, 3.63) is 18.6 Å². The Morgan fingerprint density at radius 1 is 1.58 bits per heavy atom. The number of anilines is 1. The quantitative estimate of drug-likeness (QED) is 0.669. The van der Waals surface area contributed by atoms with E-state index in [0.29, 0.717) is 12.6 Å². The van der Waals surface area contributed by atoms with Crippen molar-refractivity contribution in [3.8, 4) is 0 Å². The predicted octanol–water partition coefficient (Wildman–Crippen LogP) is 0.0140. The fourth-order valence-corrected chi connectivity index (χ4v) is 1.43. The summed E-state index contributed by atoms with van der Waals surface area (Å²) < 4.78 is 0. The lowest BCUT2D eigenvalue weighted by Crippen LogP contribution is -2.52. The maximum absolute atomic E-state index is 5.57. The Morgan fingerprint density at radius 2 is 2.50 bits per heavy atom. The normalized spacial score (nSPS) is 22.1. The lowest BCUT2D eigenvalue weighted by Gasteiger charge is -2.40. The van der Waals surface area contributed by atoms with Crippen LogP contribution < -0.4 is 10.6 Å². The van der Waals surface area contributed by atoms with Crippen molar-refractivity contribution in [2.24, 2.45) is 5.73 Å². The minimum atomic E-state index is 0.474. The van der Waals surface area contributed by atoms with Crippen LogP contribution in [0.3, 0.4) is 0 Å². The summed E-state index contributed by atoms with van der Waals surface area (Å²) in [5.41, 5.74) is 5.57. The molecule has 1 aromatic heterocycles. The van der Waals surface area contributed by atoms with Crippen LogP contribution in [-0.4, -0.2) is 29.1 Å². The van der Waals surface area contributed by atoms with Gasteiger partial charge in [0.05, 0.1) is 6.20 Å². The van der Waals surface area contributed by atoms with Gasteiger partial charge in [-0.05, 0) is 6.42 Å². The monoisotopic (exact) mass is 164 g/mol. The zero-order valence-corrected chi connectivity index (χ0v) is 6.85. The molecule has 1 unspecified atom stereocenters. The molecule has 1 saturated heterocycles. The van der Waals surface area contributed by atoms with Crippen molar-refractivity contribution in [1.82, 2.24) is 9.97 Å². The SMILES string of the molecule is NCC1CCN1c1cnccn1. The Balaban J connectivity index is 2.11. The molecule has 12 heavy (non-hydrogen) atoms. The summed E-state index contributed by atoms with van der Waals surface area (Å²) >= 11 is 0. The maximum atomic E-state index is 5.57. The Kier molecular flexibility index (Phi) is 1.91. The fraction of sp³-hybridized carbons (Fsp3) is 0.500. The van der Waals surface area contributed by atoms with Crippen molar-refractivity contribution in [2.75, 3.05) is 18.0 Å². The van der Waals surface area contributed by atoms with Crippen LogP contribution in [0.1, 0.15) is 6.42 Å². The Labute approximate surface area is 71.4 Å². The molecule has 0 spiro atoms. The van der Waals surface area contributed by atoms with Crippen LogP contribution in [0.5, 0.6) is 0 Å². The van der Waals surface area contributed by atoms with Crippen LogP contribution in [0.25, 0.3) is 0 Å². The Morgan fingerprint density at radius 3 is 3.00 bits per heavy atom. The summed E-state index contributed by atoms with van der Waals surface area (Å²) in [5.74, 6) is 0.944. The predicted molar refractivity (Wildman–Crippen MR) is 46.8 cm³/mol. The van der Waals surface area contributed by atoms with Crippen molar-refractivity contribution < 1.29 is 0 Å². The lowest BCUT2D eigenvalue weighted by molar-refractivity contribution is 0.451. The third kappa shape index (κ3) is 1.14. The molecule has 64 valence electrons. The molecule has 1 aliphatic heterocycles. The van der Waals surface area contributed by atoms with E-state index in [-0.39, 0.29) is 0 Å². The zero-order valence-electron chi connectivity index (χ0n) is 6.85. The topological polar surface area (TPSA) is 55.0 Å². The van der Waals surface area contributed by atoms with Gasteiger partial charge in [-0.2, -0.15) is 0 Å². The first-order valence-electron chi connectivity index (χ1n) is 4.14. The molecular weight excluding hydrogens is 152 g/mol. The minimum Gasteiger partial charge on any atom is -0.351 e. The van der Waals surface area contributed by atoms with E-state index < -0.39 is 0 Å². The van der Waals surface area contributed by atoms with Gasteiger partial charge < -0.3 is 10.6 Å². The molecular formula is C8H12N4. The van der Waals surface area contributed by atoms with Gasteiger partial charge in [0.1, 0.15) is 5.82 Å². The Hall–Kier alpha value is -1.16. The molecule has 2 N–H and O–H groups in total. The average molecular weight is 164 g/mol. The van der Waals surface area contributed by atoms with E-state index >= 15 is 0 Å². The molecule has 2 rings (SSSR count). The Bertz CT molecular complexity index is 246. The number of hydrogen-bond donors (Lipinski definition) is 1. The van der Waals surface area contributed by atoms with Gasteiger partial charge in [0.25, 0.3) is 0 Å². The molecule has 0 saturated carbocycles. The second-order valence-electron chi connectivity index (χ2n) is 2.94. The number of nitrogens with zero attached hydrogens (tertiary/aromatic N) is 3. The summed E-state index contributed by atoms with van der Waals surface area (Å²) in [6.45, 7) is 1.76. The molecule has 1 aromatic rings. The van der Waals surface area contributed by atoms with Gasteiger partial charge in [-0.3, -0.25) is 4.98 Å². The van der Waals surface area contributed by atoms with E-state index in [4.69, 9.17) is 5.73 Å². The largest absolute Gasteiger partial charge is 0.351 e. The van der Waals surface area contributed by atoms with Crippen LogP contribution in [-0.2, 0) is 0 Å². The standard InChI is InChI=1S/C8H12N4/c9-5-7-1-4-12(7)8-6-10-2-3-11-8/h2-3,6-7H,1,4-5,9H2. The van der Waals surface area contributed by atoms with Crippen LogP contribution in [0.15, 0.2) is 18.6 Å². The highest BCUT2D eigenvalue weighted by Crippen LogP contribution is 2.22. The second-order valence-corrected chi connectivity index (χ2v) is 2.94. The first-order valence-corrected chi connectivity index (χ1v) is 4.14. The maximum Gasteiger partial charge on any atom is 0.147 e. The molecule has 1 fully saturated rings. The molecule has 1 aliphatic rings. The summed E-state index contributed by atoms with van der Waals surface area (Å²) in [6, 6.07) is 0.474. The van der Waals surface area contributed by atoms with Gasteiger partial charge in [0, 0.05) is 31.5 Å². The third-order valence-corrected chi connectivity index (χ3v) is 2.26. The number of nitrogens with two attached hydrogens (primary N) is 1. The van der Waals surface area contributed by atoms with E-state index in [2.05, 4.69) is 14.9 Å². The van der Waals surface area contributed by atoms with Gasteiger partial charge in [-0.15, -0.1) is 0 Å². The van der Waals surface area contributed by atoms with E-state index in [0.717, 1.165) is 12.4 Å². The first-order chi connectivity index (χ1) is 5.92. The van der Waals surface area contributed by atoms with E-state index in [9.17, 15) is 0 Å². The highest BCUT2D eigenvalue weighted by Gasteiger charge is 2.27. The van der Waals surface area contributed by atoms with Crippen LogP contribution in [0.4, 0.5) is 5.82 Å². The fourth-order valence-electron chi connectivity index (χ4n) is 1.43. The smallest absolute Gasteiger partial charge is 0.147 e. The summed E-state index contributed by atoms with van der Waals surface area (Å²) in [6.07, 6.45) is 6.34. The average Bonchev–Trinajstić information content (AvgIpc) is 2.05. The van der Waals surface area contributed by atoms with Crippen molar-refractivity contribution in [1.29, 1.82) is 0 Å². The molecule has 4 heteroatoms. The molecule has 4 nitrogen and oxygen atoms in total. The molecule has 0 radical (unpaired) electrons. The van der Waals surface area contributed by atoms with Crippen LogP contribution in [0.2, 0.25) is 0 Å².